The predicted molar refractivity (Wildman–Crippen MR) is 212 cm³/mol. The number of anilines is 2. The Bertz CT molecular complexity index is 2630. The number of aromatic nitrogens is 1. The number of halogens is 5. The number of hydrogen-bond donors (Lipinski definition) is 2. The van der Waals surface area contributed by atoms with Crippen LogP contribution in [-0.2, 0) is 30.8 Å². The van der Waals surface area contributed by atoms with Gasteiger partial charge < -0.3 is 5.11 Å². The van der Waals surface area contributed by atoms with Gasteiger partial charge in [0, 0.05) is 28.1 Å². The average molecular weight is 824 g/mol. The minimum Gasteiger partial charge on any atom is -0.507 e. The highest BCUT2D eigenvalue weighted by atomic mass is 35.5. The Balaban J connectivity index is 1.24. The molecule has 292 valence electrons. The zero-order valence-corrected chi connectivity index (χ0v) is 31.7. The molecule has 1 saturated carbocycles. The van der Waals surface area contributed by atoms with E-state index in [1.807, 2.05) is 18.2 Å². The molecular formula is C44H31Cl2F3N4O5. The zero-order chi connectivity index (χ0) is 40.8. The van der Waals surface area contributed by atoms with Crippen LogP contribution in [-0.4, -0.2) is 38.7 Å². The molecule has 2 aliphatic heterocycles. The number of nitrogens with one attached hydrogen (secondary N) is 1. The summed E-state index contributed by atoms with van der Waals surface area (Å²) in [5.74, 6) is -7.69. The predicted octanol–water partition coefficient (Wildman–Crippen LogP) is 9.10. The van der Waals surface area contributed by atoms with E-state index in [9.17, 15) is 32.7 Å². The van der Waals surface area contributed by atoms with E-state index in [0.29, 0.717) is 50.4 Å². The second kappa shape index (κ2) is 13.6. The summed E-state index contributed by atoms with van der Waals surface area (Å²) in [5.41, 5.74) is 2.13. The normalized spacial score (nSPS) is 25.4. The van der Waals surface area contributed by atoms with Crippen LogP contribution in [0.2, 0.25) is 10.0 Å². The van der Waals surface area contributed by atoms with Crippen molar-refractivity contribution < 1.29 is 37.5 Å². The number of carbonyl (C=O) groups excluding carboxylic acids is 4. The maximum atomic E-state index is 15.5. The molecule has 9 nitrogen and oxygen atoms in total. The third-order valence-corrected chi connectivity index (χ3v) is 12.7. The first-order valence-corrected chi connectivity index (χ1v) is 19.2. The lowest BCUT2D eigenvalue weighted by Crippen LogP contribution is -2.53. The second-order valence-corrected chi connectivity index (χ2v) is 15.8. The molecule has 2 aliphatic carbocycles. The molecule has 0 spiro atoms. The molecule has 2 saturated heterocycles. The number of imide groups is 2. The van der Waals surface area contributed by atoms with Crippen LogP contribution in [0.4, 0.5) is 24.7 Å². The number of allylic oxidation sites excluding steroid dienone is 2. The van der Waals surface area contributed by atoms with Gasteiger partial charge in [-0.15, -0.1) is 0 Å². The van der Waals surface area contributed by atoms with Gasteiger partial charge in [0.2, 0.25) is 11.8 Å². The van der Waals surface area contributed by atoms with Crippen molar-refractivity contribution in [1.82, 2.24) is 9.99 Å². The van der Waals surface area contributed by atoms with Crippen molar-refractivity contribution in [2.75, 3.05) is 10.3 Å². The molecule has 58 heavy (non-hydrogen) atoms. The van der Waals surface area contributed by atoms with E-state index in [4.69, 9.17) is 23.2 Å². The first-order chi connectivity index (χ1) is 27.7. The van der Waals surface area contributed by atoms with Crippen LogP contribution in [0, 0.1) is 23.7 Å². The summed E-state index contributed by atoms with van der Waals surface area (Å²) in [4.78, 5) is 64.2. The molecule has 3 heterocycles. The summed E-state index contributed by atoms with van der Waals surface area (Å²) in [5, 5.41) is 13.9. The molecule has 9 rings (SSSR count). The molecule has 6 atom stereocenters. The molecule has 5 aromatic rings. The number of aromatic hydroxyl groups is 1. The Hall–Kier alpha value is -5.98. The first-order valence-electron chi connectivity index (χ1n) is 18.4. The van der Waals surface area contributed by atoms with Crippen LogP contribution in [0.5, 0.6) is 5.75 Å². The number of pyridine rings is 1. The molecule has 6 unspecified atom stereocenters. The first kappa shape index (κ1) is 37.6. The van der Waals surface area contributed by atoms with Crippen LogP contribution in [0.1, 0.15) is 41.0 Å². The molecule has 3 fully saturated rings. The van der Waals surface area contributed by atoms with Gasteiger partial charge in [0.25, 0.3) is 11.8 Å². The number of alkyl halides is 3. The van der Waals surface area contributed by atoms with Gasteiger partial charge in [-0.05, 0) is 65.6 Å². The summed E-state index contributed by atoms with van der Waals surface area (Å²) >= 11 is 12.7. The number of benzene rings is 4. The van der Waals surface area contributed by atoms with E-state index in [2.05, 4.69) is 17.0 Å². The lowest BCUT2D eigenvalue weighted by Gasteiger charge is -2.50. The Kier molecular flexibility index (Phi) is 8.79. The molecule has 0 bridgehead atoms. The highest BCUT2D eigenvalue weighted by Crippen LogP contribution is 2.65. The number of rotatable bonds is 6. The molecule has 2 N–H and O–H groups in total. The Morgan fingerprint density at radius 2 is 1.62 bits per heavy atom. The van der Waals surface area contributed by atoms with E-state index < -0.39 is 75.4 Å². The van der Waals surface area contributed by atoms with Crippen LogP contribution in [0.3, 0.4) is 0 Å². The van der Waals surface area contributed by atoms with Gasteiger partial charge >= 0.3 is 6.18 Å². The third kappa shape index (κ3) is 5.49. The summed E-state index contributed by atoms with van der Waals surface area (Å²) < 4.78 is 40.6. The molecule has 0 radical (unpaired) electrons. The third-order valence-electron chi connectivity index (χ3n) is 12.2. The Morgan fingerprint density at radius 1 is 0.897 bits per heavy atom. The number of hydrazine groups is 1. The maximum Gasteiger partial charge on any atom is 0.417 e. The molecule has 1 aromatic heterocycles. The quantitative estimate of drug-likeness (QED) is 0.130. The fourth-order valence-electron chi connectivity index (χ4n) is 9.65. The van der Waals surface area contributed by atoms with Gasteiger partial charge in [0.1, 0.15) is 5.75 Å². The molecule has 4 aromatic carbocycles. The summed E-state index contributed by atoms with van der Waals surface area (Å²) in [6.45, 7) is 3.77. The second-order valence-electron chi connectivity index (χ2n) is 15.0. The van der Waals surface area contributed by atoms with Crippen molar-refractivity contribution in [3.8, 4) is 5.75 Å². The van der Waals surface area contributed by atoms with E-state index in [-0.39, 0.29) is 24.4 Å². The van der Waals surface area contributed by atoms with Gasteiger partial charge in [-0.3, -0.25) is 29.5 Å². The number of phenols is 1. The lowest BCUT2D eigenvalue weighted by molar-refractivity contribution is -0.139. The molecule has 14 heteroatoms. The van der Waals surface area contributed by atoms with Crippen LogP contribution in [0.25, 0.3) is 16.8 Å². The Labute approximate surface area is 339 Å². The summed E-state index contributed by atoms with van der Waals surface area (Å²) in [6, 6.07) is 24.5. The van der Waals surface area contributed by atoms with Crippen molar-refractivity contribution in [2.24, 2.45) is 23.7 Å². The monoisotopic (exact) mass is 822 g/mol. The summed E-state index contributed by atoms with van der Waals surface area (Å²) in [6.07, 6.45) is -0.650. The smallest absolute Gasteiger partial charge is 0.417 e. The van der Waals surface area contributed by atoms with Gasteiger partial charge in [-0.1, -0.05) is 108 Å². The fraction of sp³-hybridized carbons (Fsp3) is 0.205. The van der Waals surface area contributed by atoms with Crippen LogP contribution < -0.4 is 10.3 Å². The van der Waals surface area contributed by atoms with Crippen molar-refractivity contribution in [3.05, 3.63) is 148 Å². The number of nitrogens with zero attached hydrogens (tertiary/aromatic N) is 3. The number of amides is 4. The number of carbonyl (C=O) groups is 4. The minimum absolute atomic E-state index is 0.0698. The van der Waals surface area contributed by atoms with Gasteiger partial charge in [-0.25, -0.2) is 4.98 Å². The van der Waals surface area contributed by atoms with Crippen molar-refractivity contribution >= 4 is 75.2 Å². The van der Waals surface area contributed by atoms with Crippen LogP contribution in [0.15, 0.2) is 115 Å². The van der Waals surface area contributed by atoms with Crippen molar-refractivity contribution in [3.63, 3.8) is 0 Å². The molecule has 4 amide bonds. The van der Waals surface area contributed by atoms with Crippen molar-refractivity contribution in [1.29, 1.82) is 0 Å². The van der Waals surface area contributed by atoms with E-state index >= 15 is 4.79 Å². The van der Waals surface area contributed by atoms with Gasteiger partial charge in [0.15, 0.2) is 5.82 Å². The van der Waals surface area contributed by atoms with E-state index in [1.54, 1.807) is 78.9 Å². The lowest BCUT2D eigenvalue weighted by atomic mass is 9.49. The number of fused-ring (bicyclic) bond motifs is 5. The number of phenolic OH excluding ortho intramolecular Hbond substituents is 1. The molecular weight excluding hydrogens is 792 g/mol. The molecule has 4 aliphatic rings. The van der Waals surface area contributed by atoms with Gasteiger partial charge in [0.05, 0.1) is 39.4 Å². The SMILES string of the molecule is C=Cc1ccc(N2C(=O)C3CC=C4C(CC5C(=O)N(Nc6ncc(C(F)(F)F)cc6Cl)C(=O)C5(c5ccc(Cl)cc5)C4c4ccc5ccccc5c4O)C3C2=O)cc1. The van der Waals surface area contributed by atoms with E-state index in [1.165, 1.54) is 4.90 Å². The highest BCUT2D eigenvalue weighted by Gasteiger charge is 2.70. The highest BCUT2D eigenvalue weighted by molar-refractivity contribution is 6.33. The standard InChI is InChI=1S/C44H31Cl2F3N4O5/c1-2-22-7-14-27(15-8-22)52-39(55)30-18-17-29-32(35(30)41(52)57)20-33-40(56)53(51-38-34(46)19-25(21-50-38)44(47,48)49)42(58)43(33,24-10-12-26(45)13-11-24)36(29)31-16-9-23-5-3-4-6-28(23)37(31)54/h2-17,19,21,30,32-33,35-36,54H,1,18,20H2,(H,50,51). The van der Waals surface area contributed by atoms with E-state index in [0.717, 1.165) is 10.6 Å². The van der Waals surface area contributed by atoms with Crippen LogP contribution >= 0.6 is 23.2 Å². The van der Waals surface area contributed by atoms with Crippen molar-refractivity contribution in [2.45, 2.75) is 30.4 Å². The average Bonchev–Trinajstić information content (AvgIpc) is 3.59. The topological polar surface area (TPSA) is 120 Å². The Morgan fingerprint density at radius 3 is 2.31 bits per heavy atom. The minimum atomic E-state index is -4.76. The fourth-order valence-corrected chi connectivity index (χ4v) is 9.98. The maximum absolute atomic E-state index is 15.5. The zero-order valence-electron chi connectivity index (χ0n) is 30.2. The van der Waals surface area contributed by atoms with Gasteiger partial charge in [-0.2, -0.15) is 18.2 Å². The number of hydrogen-bond acceptors (Lipinski definition) is 7. The summed E-state index contributed by atoms with van der Waals surface area (Å²) in [7, 11) is 0. The largest absolute Gasteiger partial charge is 0.507 e.